The highest BCUT2D eigenvalue weighted by Gasteiger charge is 2.34. The van der Waals surface area contributed by atoms with Gasteiger partial charge >= 0.3 is 0 Å². The SMILES string of the molecule is CC(CN(C)C(=O)CC(c1ccccc1)C1CC1)NC(=O)c1cnc[nH]1. The fraction of sp³-hybridized carbons (Fsp3) is 0.450. The van der Waals surface area contributed by atoms with Crippen molar-refractivity contribution in [3.8, 4) is 0 Å². The molecule has 1 fully saturated rings. The number of aromatic nitrogens is 2. The molecule has 0 saturated heterocycles. The molecular formula is C20H26N4O2. The van der Waals surface area contributed by atoms with Gasteiger partial charge in [-0.3, -0.25) is 9.59 Å². The highest BCUT2D eigenvalue weighted by Crippen LogP contribution is 2.44. The number of hydrogen-bond acceptors (Lipinski definition) is 3. The number of likely N-dealkylation sites (N-methyl/N-ethyl adjacent to an activating group) is 1. The molecule has 1 aliphatic rings. The van der Waals surface area contributed by atoms with E-state index in [1.807, 2.05) is 25.1 Å². The van der Waals surface area contributed by atoms with Crippen LogP contribution in [0.25, 0.3) is 0 Å². The molecule has 1 aliphatic carbocycles. The molecule has 2 atom stereocenters. The van der Waals surface area contributed by atoms with E-state index in [0.717, 1.165) is 0 Å². The van der Waals surface area contributed by atoms with Gasteiger partial charge in [-0.05, 0) is 37.2 Å². The minimum absolute atomic E-state index is 0.119. The second kappa shape index (κ2) is 8.17. The van der Waals surface area contributed by atoms with Gasteiger partial charge in [0.25, 0.3) is 5.91 Å². The van der Waals surface area contributed by atoms with E-state index in [-0.39, 0.29) is 17.9 Å². The molecule has 6 heteroatoms. The van der Waals surface area contributed by atoms with Crippen LogP contribution in [0.4, 0.5) is 0 Å². The lowest BCUT2D eigenvalue weighted by atomic mass is 9.90. The topological polar surface area (TPSA) is 78.1 Å². The van der Waals surface area contributed by atoms with Crippen molar-refractivity contribution in [1.29, 1.82) is 0 Å². The average Bonchev–Trinajstić information content (AvgIpc) is 3.32. The van der Waals surface area contributed by atoms with E-state index >= 15 is 0 Å². The number of imidazole rings is 1. The molecule has 2 N–H and O–H groups in total. The predicted molar refractivity (Wildman–Crippen MR) is 99.7 cm³/mol. The summed E-state index contributed by atoms with van der Waals surface area (Å²) in [5, 5.41) is 2.88. The minimum Gasteiger partial charge on any atom is -0.346 e. The van der Waals surface area contributed by atoms with E-state index in [1.54, 1.807) is 11.9 Å². The van der Waals surface area contributed by atoms with Gasteiger partial charge in [-0.1, -0.05) is 30.3 Å². The van der Waals surface area contributed by atoms with E-state index in [1.165, 1.54) is 30.9 Å². The Kier molecular flexibility index (Phi) is 5.71. The molecule has 0 radical (unpaired) electrons. The van der Waals surface area contributed by atoms with Crippen LogP contribution in [0.1, 0.15) is 48.2 Å². The highest BCUT2D eigenvalue weighted by molar-refractivity contribution is 5.92. The summed E-state index contributed by atoms with van der Waals surface area (Å²) >= 11 is 0. The first-order chi connectivity index (χ1) is 12.5. The first-order valence-electron chi connectivity index (χ1n) is 9.12. The zero-order valence-corrected chi connectivity index (χ0v) is 15.3. The average molecular weight is 354 g/mol. The minimum atomic E-state index is -0.212. The van der Waals surface area contributed by atoms with E-state index < -0.39 is 0 Å². The van der Waals surface area contributed by atoms with Gasteiger partial charge in [0.15, 0.2) is 0 Å². The number of nitrogens with one attached hydrogen (secondary N) is 2. The zero-order chi connectivity index (χ0) is 18.5. The third-order valence-corrected chi connectivity index (χ3v) is 4.91. The van der Waals surface area contributed by atoms with Crippen molar-refractivity contribution in [1.82, 2.24) is 20.2 Å². The quantitative estimate of drug-likeness (QED) is 0.765. The fourth-order valence-electron chi connectivity index (χ4n) is 3.34. The fourth-order valence-corrected chi connectivity index (χ4v) is 3.34. The zero-order valence-electron chi connectivity index (χ0n) is 15.3. The Morgan fingerprint density at radius 3 is 2.65 bits per heavy atom. The lowest BCUT2D eigenvalue weighted by Crippen LogP contribution is -2.43. The smallest absolute Gasteiger partial charge is 0.269 e. The summed E-state index contributed by atoms with van der Waals surface area (Å²) in [4.78, 5) is 33.1. The molecule has 3 rings (SSSR count). The maximum absolute atomic E-state index is 12.7. The van der Waals surface area contributed by atoms with Crippen molar-refractivity contribution < 1.29 is 9.59 Å². The van der Waals surface area contributed by atoms with Gasteiger partial charge in [-0.25, -0.2) is 4.98 Å². The van der Waals surface area contributed by atoms with Crippen LogP contribution in [0.3, 0.4) is 0 Å². The molecular weight excluding hydrogens is 328 g/mol. The number of aromatic amines is 1. The summed E-state index contributed by atoms with van der Waals surface area (Å²) in [6.07, 6.45) is 5.88. The molecule has 2 aromatic rings. The number of rotatable bonds is 8. The molecule has 0 spiro atoms. The van der Waals surface area contributed by atoms with Crippen molar-refractivity contribution >= 4 is 11.8 Å². The summed E-state index contributed by atoms with van der Waals surface area (Å²) in [6, 6.07) is 10.2. The first-order valence-corrected chi connectivity index (χ1v) is 9.12. The van der Waals surface area contributed by atoms with E-state index in [2.05, 4.69) is 27.4 Å². The van der Waals surface area contributed by atoms with Crippen molar-refractivity contribution in [2.45, 2.75) is 38.1 Å². The Bertz CT molecular complexity index is 726. The van der Waals surface area contributed by atoms with Gasteiger partial charge in [0, 0.05) is 26.1 Å². The number of carbonyl (C=O) groups is 2. The third-order valence-electron chi connectivity index (χ3n) is 4.91. The van der Waals surface area contributed by atoms with Gasteiger partial charge in [-0.15, -0.1) is 0 Å². The molecule has 1 aromatic heterocycles. The van der Waals surface area contributed by atoms with Gasteiger partial charge < -0.3 is 15.2 Å². The van der Waals surface area contributed by atoms with Gasteiger partial charge in [-0.2, -0.15) is 0 Å². The molecule has 6 nitrogen and oxygen atoms in total. The van der Waals surface area contributed by atoms with Crippen LogP contribution in [0.15, 0.2) is 42.9 Å². The van der Waals surface area contributed by atoms with Crippen LogP contribution in [0.5, 0.6) is 0 Å². The highest BCUT2D eigenvalue weighted by atomic mass is 16.2. The van der Waals surface area contributed by atoms with Crippen molar-refractivity contribution in [2.75, 3.05) is 13.6 Å². The Hall–Kier alpha value is -2.63. The van der Waals surface area contributed by atoms with E-state index in [9.17, 15) is 9.59 Å². The predicted octanol–water partition coefficient (Wildman–Crippen LogP) is 2.57. The molecule has 1 aromatic carbocycles. The molecule has 2 amide bonds. The summed E-state index contributed by atoms with van der Waals surface area (Å²) in [6.45, 7) is 2.37. The molecule has 0 bridgehead atoms. The lowest BCUT2D eigenvalue weighted by Gasteiger charge is -2.25. The maximum Gasteiger partial charge on any atom is 0.269 e. The number of hydrogen-bond donors (Lipinski definition) is 2. The normalized spacial score (nSPS) is 15.9. The number of amides is 2. The summed E-state index contributed by atoms with van der Waals surface area (Å²) < 4.78 is 0. The standard InChI is InChI=1S/C20H26N4O2/c1-14(23-20(26)18-11-21-13-22-18)12-24(2)19(25)10-17(16-8-9-16)15-6-4-3-5-7-15/h3-7,11,13-14,16-17H,8-10,12H2,1-2H3,(H,21,22)(H,23,26). The first kappa shape index (κ1) is 18.2. The largest absolute Gasteiger partial charge is 0.346 e. The number of H-pyrrole nitrogens is 1. The molecule has 2 unspecified atom stereocenters. The molecule has 0 aliphatic heterocycles. The van der Waals surface area contributed by atoms with Gasteiger partial charge in [0.1, 0.15) is 5.69 Å². The van der Waals surface area contributed by atoms with E-state index in [0.29, 0.717) is 30.5 Å². The van der Waals surface area contributed by atoms with Gasteiger partial charge in [0.2, 0.25) is 5.91 Å². The molecule has 1 heterocycles. The lowest BCUT2D eigenvalue weighted by molar-refractivity contribution is -0.130. The van der Waals surface area contributed by atoms with Crippen LogP contribution >= 0.6 is 0 Å². The Labute approximate surface area is 154 Å². The Balaban J connectivity index is 1.52. The number of benzene rings is 1. The van der Waals surface area contributed by atoms with Crippen molar-refractivity contribution in [3.63, 3.8) is 0 Å². The summed E-state index contributed by atoms with van der Waals surface area (Å²) in [5.41, 5.74) is 1.67. The third kappa shape index (κ3) is 4.71. The van der Waals surface area contributed by atoms with Crippen LogP contribution < -0.4 is 5.32 Å². The van der Waals surface area contributed by atoms with Crippen LogP contribution in [0, 0.1) is 5.92 Å². The van der Waals surface area contributed by atoms with Crippen LogP contribution in [-0.4, -0.2) is 46.3 Å². The van der Waals surface area contributed by atoms with Gasteiger partial charge in [0.05, 0.1) is 12.5 Å². The molecule has 26 heavy (non-hydrogen) atoms. The van der Waals surface area contributed by atoms with Crippen molar-refractivity contribution in [2.24, 2.45) is 5.92 Å². The second-order valence-electron chi connectivity index (χ2n) is 7.17. The summed E-state index contributed by atoms with van der Waals surface area (Å²) in [7, 11) is 1.80. The monoisotopic (exact) mass is 354 g/mol. The maximum atomic E-state index is 12.7. The second-order valence-corrected chi connectivity index (χ2v) is 7.17. The molecule has 138 valence electrons. The molecule has 1 saturated carbocycles. The Morgan fingerprint density at radius 1 is 1.31 bits per heavy atom. The van der Waals surface area contributed by atoms with Crippen molar-refractivity contribution in [3.05, 3.63) is 54.1 Å². The summed E-state index contributed by atoms with van der Waals surface area (Å²) in [5.74, 6) is 0.817. The van der Waals surface area contributed by atoms with Crippen LogP contribution in [-0.2, 0) is 4.79 Å². The number of nitrogens with zero attached hydrogens (tertiary/aromatic N) is 2. The Morgan fingerprint density at radius 2 is 2.04 bits per heavy atom. The van der Waals surface area contributed by atoms with Crippen LogP contribution in [0.2, 0.25) is 0 Å². The number of carbonyl (C=O) groups excluding carboxylic acids is 2. The van der Waals surface area contributed by atoms with E-state index in [4.69, 9.17) is 0 Å².